The van der Waals surface area contributed by atoms with Gasteiger partial charge >= 0.3 is 5.97 Å². The molecule has 13 nitrogen and oxygen atoms in total. The molecule has 5 atom stereocenters. The summed E-state index contributed by atoms with van der Waals surface area (Å²) in [4.78, 5) is 56.7. The predicted octanol–water partition coefficient (Wildman–Crippen LogP) is -2.25. The molecule has 1 aliphatic heterocycles. The van der Waals surface area contributed by atoms with Crippen molar-refractivity contribution >= 4 is 23.7 Å². The van der Waals surface area contributed by atoms with E-state index in [9.17, 15) is 29.4 Å². The molecule has 1 aliphatic rings. The van der Waals surface area contributed by atoms with Crippen molar-refractivity contribution in [1.29, 1.82) is 0 Å². The zero-order chi connectivity index (χ0) is 25.1. The number of carbonyl (C=O) groups excluding carboxylic acids is 3. The van der Waals surface area contributed by atoms with Gasteiger partial charge in [0, 0.05) is 18.3 Å². The lowest BCUT2D eigenvalue weighted by Crippen LogP contribution is -2.58. The van der Waals surface area contributed by atoms with Crippen molar-refractivity contribution in [3.8, 4) is 0 Å². The van der Waals surface area contributed by atoms with Crippen molar-refractivity contribution in [2.45, 2.75) is 75.7 Å². The fourth-order valence-electron chi connectivity index (χ4n) is 3.68. The maximum atomic E-state index is 13.1. The lowest BCUT2D eigenvalue weighted by Gasteiger charge is -2.25. The number of carbonyl (C=O) groups is 4. The van der Waals surface area contributed by atoms with Crippen LogP contribution in [0.4, 0.5) is 0 Å². The maximum absolute atomic E-state index is 13.1. The van der Waals surface area contributed by atoms with Gasteiger partial charge in [-0.25, -0.2) is 9.78 Å². The summed E-state index contributed by atoms with van der Waals surface area (Å²) in [7, 11) is 0. The number of nitrogens with zero attached hydrogens (tertiary/aromatic N) is 1. The zero-order valence-corrected chi connectivity index (χ0v) is 19.3. The standard InChI is InChI=1S/C21H35N7O6/c1-12(29)17(21(33)34)28-20(32)16(9-13-10-23-11-25-13)27-19(31)15(5-2-3-7-22)26-18(30)14-6-4-8-24-14/h10-12,14-17,24,29H,2-9,22H2,1H3,(H,23,25)(H,26,30)(H,27,31)(H,28,32)(H,33,34). The van der Waals surface area contributed by atoms with E-state index in [1.807, 2.05) is 0 Å². The van der Waals surface area contributed by atoms with Gasteiger partial charge in [-0.15, -0.1) is 0 Å². The predicted molar refractivity (Wildman–Crippen MR) is 121 cm³/mol. The second kappa shape index (κ2) is 13.6. The molecule has 2 heterocycles. The Kier molecular flexibility index (Phi) is 10.9. The van der Waals surface area contributed by atoms with E-state index in [2.05, 4.69) is 31.2 Å². The molecular weight excluding hydrogens is 446 g/mol. The lowest BCUT2D eigenvalue weighted by atomic mass is 10.0. The summed E-state index contributed by atoms with van der Waals surface area (Å²) in [6.45, 7) is 2.40. The molecule has 0 bridgehead atoms. The first-order valence-corrected chi connectivity index (χ1v) is 11.5. The number of carboxylic acids is 1. The number of carboxylic acid groups (broad SMARTS) is 1. The number of amides is 3. The van der Waals surface area contributed by atoms with E-state index in [1.54, 1.807) is 0 Å². The van der Waals surface area contributed by atoms with Gasteiger partial charge in [0.1, 0.15) is 12.1 Å². The molecule has 0 aliphatic carbocycles. The van der Waals surface area contributed by atoms with Crippen molar-refractivity contribution in [1.82, 2.24) is 31.2 Å². The van der Waals surface area contributed by atoms with Crippen LogP contribution in [0.1, 0.15) is 44.7 Å². The summed E-state index contributed by atoms with van der Waals surface area (Å²) >= 11 is 0. The molecule has 1 aromatic heterocycles. The van der Waals surface area contributed by atoms with Gasteiger partial charge in [0.2, 0.25) is 17.7 Å². The van der Waals surface area contributed by atoms with Crippen molar-refractivity contribution in [3.63, 3.8) is 0 Å². The van der Waals surface area contributed by atoms with Gasteiger partial charge in [-0.2, -0.15) is 0 Å². The number of hydrogen-bond acceptors (Lipinski definition) is 8. The van der Waals surface area contributed by atoms with Crippen LogP contribution >= 0.6 is 0 Å². The first-order chi connectivity index (χ1) is 16.2. The van der Waals surface area contributed by atoms with Crippen LogP contribution in [0.2, 0.25) is 0 Å². The van der Waals surface area contributed by atoms with Crippen LogP contribution in [0.5, 0.6) is 0 Å². The summed E-state index contributed by atoms with van der Waals surface area (Å²) in [6.07, 6.45) is 4.64. The third-order valence-corrected chi connectivity index (χ3v) is 5.61. The van der Waals surface area contributed by atoms with E-state index in [4.69, 9.17) is 5.73 Å². The number of unbranched alkanes of at least 4 members (excludes halogenated alkanes) is 1. The van der Waals surface area contributed by atoms with Crippen LogP contribution < -0.4 is 27.0 Å². The summed E-state index contributed by atoms with van der Waals surface area (Å²) in [6, 6.07) is -4.00. The van der Waals surface area contributed by atoms with Gasteiger partial charge in [0.15, 0.2) is 6.04 Å². The number of nitrogens with two attached hydrogens (primary N) is 1. The number of rotatable bonds is 14. The molecule has 1 aromatic rings. The van der Waals surface area contributed by atoms with Gasteiger partial charge in [0.25, 0.3) is 0 Å². The SMILES string of the molecule is CC(O)C(NC(=O)C(Cc1cnc[nH]1)NC(=O)C(CCCCN)NC(=O)C1CCCN1)C(=O)O. The van der Waals surface area contributed by atoms with Crippen LogP contribution in [0.3, 0.4) is 0 Å². The third kappa shape index (κ3) is 8.39. The highest BCUT2D eigenvalue weighted by Gasteiger charge is 2.32. The molecule has 0 saturated carbocycles. The van der Waals surface area contributed by atoms with E-state index in [1.165, 1.54) is 19.4 Å². The number of aromatic nitrogens is 2. The second-order valence-electron chi connectivity index (χ2n) is 8.40. The molecule has 0 aromatic carbocycles. The molecule has 1 fully saturated rings. The molecule has 2 rings (SSSR count). The number of aromatic amines is 1. The highest BCUT2D eigenvalue weighted by molar-refractivity contribution is 5.94. The van der Waals surface area contributed by atoms with Crippen molar-refractivity contribution in [2.75, 3.05) is 13.1 Å². The summed E-state index contributed by atoms with van der Waals surface area (Å²) in [5.41, 5.74) is 6.09. The van der Waals surface area contributed by atoms with Crippen molar-refractivity contribution in [3.05, 3.63) is 18.2 Å². The van der Waals surface area contributed by atoms with Gasteiger partial charge in [0.05, 0.1) is 18.5 Å². The fraction of sp³-hybridized carbons (Fsp3) is 0.667. The number of aliphatic hydroxyl groups excluding tert-OH is 1. The summed E-state index contributed by atoms with van der Waals surface area (Å²) < 4.78 is 0. The first kappa shape index (κ1) is 27.2. The molecule has 34 heavy (non-hydrogen) atoms. The fourth-order valence-corrected chi connectivity index (χ4v) is 3.68. The minimum absolute atomic E-state index is 0.00261. The van der Waals surface area contributed by atoms with Crippen LogP contribution in [0.15, 0.2) is 12.5 Å². The average molecular weight is 482 g/mol. The minimum atomic E-state index is -1.55. The van der Waals surface area contributed by atoms with Gasteiger partial charge < -0.3 is 42.2 Å². The highest BCUT2D eigenvalue weighted by atomic mass is 16.4. The molecule has 1 saturated heterocycles. The van der Waals surface area contributed by atoms with Gasteiger partial charge in [-0.3, -0.25) is 14.4 Å². The van der Waals surface area contributed by atoms with Gasteiger partial charge in [-0.1, -0.05) is 0 Å². The molecule has 0 radical (unpaired) electrons. The Balaban J connectivity index is 2.14. The first-order valence-electron chi connectivity index (χ1n) is 11.5. The molecular formula is C21H35N7O6. The minimum Gasteiger partial charge on any atom is -0.480 e. The normalized spacial score (nSPS) is 19.0. The Morgan fingerprint density at radius 1 is 1.18 bits per heavy atom. The number of aliphatic carboxylic acids is 1. The topological polar surface area (TPSA) is 212 Å². The van der Waals surface area contributed by atoms with E-state index in [-0.39, 0.29) is 18.4 Å². The number of imidazole rings is 1. The molecule has 190 valence electrons. The van der Waals surface area contributed by atoms with Gasteiger partial charge in [-0.05, 0) is 52.1 Å². The molecule has 3 amide bonds. The number of hydrogen-bond donors (Lipinski definition) is 8. The van der Waals surface area contributed by atoms with Crippen LogP contribution in [0.25, 0.3) is 0 Å². The van der Waals surface area contributed by atoms with E-state index >= 15 is 0 Å². The number of nitrogens with one attached hydrogen (secondary N) is 5. The molecule has 13 heteroatoms. The largest absolute Gasteiger partial charge is 0.480 e. The molecule has 9 N–H and O–H groups in total. The van der Waals surface area contributed by atoms with Crippen molar-refractivity contribution in [2.24, 2.45) is 5.73 Å². The van der Waals surface area contributed by atoms with Crippen LogP contribution in [-0.2, 0) is 25.6 Å². The quantitative estimate of drug-likeness (QED) is 0.135. The molecule has 5 unspecified atom stereocenters. The summed E-state index contributed by atoms with van der Waals surface area (Å²) in [5, 5.41) is 29.7. The Morgan fingerprint density at radius 3 is 2.47 bits per heavy atom. The van der Waals surface area contributed by atoms with Crippen molar-refractivity contribution < 1.29 is 29.4 Å². The Morgan fingerprint density at radius 2 is 1.91 bits per heavy atom. The average Bonchev–Trinajstić information content (AvgIpc) is 3.50. The Labute approximate surface area is 197 Å². The number of H-pyrrole nitrogens is 1. The molecule has 0 spiro atoms. The van der Waals surface area contributed by atoms with E-state index in [0.29, 0.717) is 37.9 Å². The second-order valence-corrected chi connectivity index (χ2v) is 8.40. The zero-order valence-electron chi connectivity index (χ0n) is 19.3. The monoisotopic (exact) mass is 481 g/mol. The summed E-state index contributed by atoms with van der Waals surface area (Å²) in [5.74, 6) is -3.07. The van der Waals surface area contributed by atoms with E-state index < -0.39 is 42.0 Å². The smallest absolute Gasteiger partial charge is 0.328 e. The van der Waals surface area contributed by atoms with Crippen LogP contribution in [-0.4, -0.2) is 87.2 Å². The third-order valence-electron chi connectivity index (χ3n) is 5.61. The lowest BCUT2D eigenvalue weighted by molar-refractivity contribution is -0.145. The Hall–Kier alpha value is -3.03. The Bertz CT molecular complexity index is 811. The maximum Gasteiger partial charge on any atom is 0.328 e. The highest BCUT2D eigenvalue weighted by Crippen LogP contribution is 2.09. The van der Waals surface area contributed by atoms with Crippen LogP contribution in [0, 0.1) is 0 Å². The van der Waals surface area contributed by atoms with E-state index in [0.717, 1.165) is 13.0 Å². The number of aliphatic hydroxyl groups is 1.